The van der Waals surface area contributed by atoms with E-state index < -0.39 is 5.97 Å². The molecule has 1 aromatic rings. The highest BCUT2D eigenvalue weighted by Gasteiger charge is 2.26. The van der Waals surface area contributed by atoms with Crippen LogP contribution in [0.2, 0.25) is 0 Å². The van der Waals surface area contributed by atoms with Crippen LogP contribution in [-0.2, 0) is 4.74 Å². The molecule has 0 atom stereocenters. The molecule has 1 heterocycles. The van der Waals surface area contributed by atoms with Crippen LogP contribution in [0.25, 0.3) is 0 Å². The van der Waals surface area contributed by atoms with E-state index in [1.165, 1.54) is 0 Å². The van der Waals surface area contributed by atoms with Crippen molar-refractivity contribution in [3.8, 4) is 0 Å². The van der Waals surface area contributed by atoms with E-state index in [9.17, 15) is 4.79 Å². The Morgan fingerprint density at radius 2 is 2.08 bits per heavy atom. The van der Waals surface area contributed by atoms with E-state index >= 15 is 0 Å². The van der Waals surface area contributed by atoms with Crippen LogP contribution in [-0.4, -0.2) is 11.9 Å². The number of hydrogen-bond acceptors (Lipinski definition) is 3. The highest BCUT2D eigenvalue weighted by atomic mass is 79.9. The smallest absolute Gasteiger partial charge is 0.345 e. The van der Waals surface area contributed by atoms with Gasteiger partial charge in [-0.1, -0.05) is 15.9 Å². The van der Waals surface area contributed by atoms with Gasteiger partial charge in [-0.25, -0.2) is 4.79 Å². The maximum absolute atomic E-state index is 11.0. The zero-order valence-corrected chi connectivity index (χ0v) is 7.51. The van der Waals surface area contributed by atoms with Crippen molar-refractivity contribution in [2.24, 2.45) is 0 Å². The standard InChI is InChI=1S/C8H4BrNO2/c9-4-1-2-5-6(3-4)7(10)12-8(5)11/h1-3,10H. The SMILES string of the molecule is N=C1OC(=O)c2ccc(Br)cc21. The molecule has 1 N–H and O–H groups in total. The minimum Gasteiger partial charge on any atom is -0.404 e. The molecule has 1 aromatic carbocycles. The lowest BCUT2D eigenvalue weighted by atomic mass is 10.1. The lowest BCUT2D eigenvalue weighted by molar-refractivity contribution is 0.0736. The summed E-state index contributed by atoms with van der Waals surface area (Å²) in [5, 5.41) is 7.29. The number of fused-ring (bicyclic) bond motifs is 1. The van der Waals surface area contributed by atoms with Gasteiger partial charge in [-0.3, -0.25) is 5.41 Å². The first-order valence-corrected chi connectivity index (χ1v) is 4.08. The van der Waals surface area contributed by atoms with Crippen molar-refractivity contribution in [2.75, 3.05) is 0 Å². The van der Waals surface area contributed by atoms with E-state index in [0.717, 1.165) is 4.47 Å². The molecule has 0 spiro atoms. The molecule has 0 radical (unpaired) electrons. The fourth-order valence-electron chi connectivity index (χ4n) is 1.08. The molecule has 0 saturated heterocycles. The summed E-state index contributed by atoms with van der Waals surface area (Å²) in [6.07, 6.45) is 0. The number of esters is 1. The topological polar surface area (TPSA) is 50.1 Å². The van der Waals surface area contributed by atoms with Crippen LogP contribution >= 0.6 is 15.9 Å². The second kappa shape index (κ2) is 2.42. The molecule has 0 aromatic heterocycles. The minimum absolute atomic E-state index is 0.0729. The first-order chi connectivity index (χ1) is 5.68. The van der Waals surface area contributed by atoms with E-state index in [1.807, 2.05) is 0 Å². The lowest BCUT2D eigenvalue weighted by Gasteiger charge is -1.92. The van der Waals surface area contributed by atoms with Crippen LogP contribution in [0.3, 0.4) is 0 Å². The molecule has 4 heteroatoms. The van der Waals surface area contributed by atoms with Crippen LogP contribution in [0.15, 0.2) is 22.7 Å². The highest BCUT2D eigenvalue weighted by Crippen LogP contribution is 2.23. The van der Waals surface area contributed by atoms with Crippen molar-refractivity contribution >= 4 is 27.8 Å². The minimum atomic E-state index is -0.442. The summed E-state index contributed by atoms with van der Waals surface area (Å²) in [6.45, 7) is 0. The molecule has 60 valence electrons. The number of hydrogen-bond donors (Lipinski definition) is 1. The van der Waals surface area contributed by atoms with Gasteiger partial charge in [0.25, 0.3) is 0 Å². The van der Waals surface area contributed by atoms with Gasteiger partial charge in [0, 0.05) is 4.47 Å². The molecule has 0 bridgehead atoms. The summed E-state index contributed by atoms with van der Waals surface area (Å²) in [6, 6.07) is 5.09. The maximum Gasteiger partial charge on any atom is 0.345 e. The van der Waals surface area contributed by atoms with Crippen molar-refractivity contribution in [3.05, 3.63) is 33.8 Å². The van der Waals surface area contributed by atoms with E-state index in [4.69, 9.17) is 5.41 Å². The Kier molecular flexibility index (Phi) is 1.51. The largest absolute Gasteiger partial charge is 0.404 e. The Morgan fingerprint density at radius 1 is 1.33 bits per heavy atom. The number of ether oxygens (including phenoxy) is 1. The average molecular weight is 226 g/mol. The van der Waals surface area contributed by atoms with Crippen molar-refractivity contribution < 1.29 is 9.53 Å². The first kappa shape index (κ1) is 7.49. The molecule has 0 aliphatic carbocycles. The van der Waals surface area contributed by atoms with Gasteiger partial charge >= 0.3 is 5.97 Å². The molecule has 1 aliphatic heterocycles. The molecular formula is C8H4BrNO2. The van der Waals surface area contributed by atoms with Gasteiger partial charge in [-0.2, -0.15) is 0 Å². The first-order valence-electron chi connectivity index (χ1n) is 3.29. The van der Waals surface area contributed by atoms with Crippen LogP contribution in [0.1, 0.15) is 15.9 Å². The summed E-state index contributed by atoms with van der Waals surface area (Å²) < 4.78 is 5.45. The van der Waals surface area contributed by atoms with Gasteiger partial charge in [-0.15, -0.1) is 0 Å². The Hall–Kier alpha value is -1.16. The molecule has 3 nitrogen and oxygen atoms in total. The van der Waals surface area contributed by atoms with Gasteiger partial charge in [0.1, 0.15) is 0 Å². The van der Waals surface area contributed by atoms with Gasteiger partial charge in [0.05, 0.1) is 11.1 Å². The van der Waals surface area contributed by atoms with E-state index in [-0.39, 0.29) is 5.90 Å². The molecule has 0 fully saturated rings. The number of carbonyl (C=O) groups excluding carboxylic acids is 1. The van der Waals surface area contributed by atoms with Crippen molar-refractivity contribution in [1.29, 1.82) is 5.41 Å². The van der Waals surface area contributed by atoms with Crippen LogP contribution in [0, 0.1) is 5.41 Å². The van der Waals surface area contributed by atoms with Crippen molar-refractivity contribution in [3.63, 3.8) is 0 Å². The molecule has 2 rings (SSSR count). The third-order valence-electron chi connectivity index (χ3n) is 1.64. The van der Waals surface area contributed by atoms with E-state index in [1.54, 1.807) is 18.2 Å². The van der Waals surface area contributed by atoms with Crippen LogP contribution in [0.4, 0.5) is 0 Å². The predicted molar refractivity (Wildman–Crippen MR) is 46.4 cm³/mol. The molecule has 1 aliphatic rings. The summed E-state index contributed by atoms with van der Waals surface area (Å²) in [7, 11) is 0. The van der Waals surface area contributed by atoms with Crippen LogP contribution < -0.4 is 0 Å². The van der Waals surface area contributed by atoms with E-state index in [2.05, 4.69) is 20.7 Å². The number of cyclic esters (lactones) is 1. The molecular weight excluding hydrogens is 222 g/mol. The monoisotopic (exact) mass is 225 g/mol. The fourth-order valence-corrected chi connectivity index (χ4v) is 1.45. The summed E-state index contributed by atoms with van der Waals surface area (Å²) >= 11 is 3.25. The number of benzene rings is 1. The van der Waals surface area contributed by atoms with Gasteiger partial charge < -0.3 is 4.74 Å². The Labute approximate surface area is 77.0 Å². The zero-order valence-electron chi connectivity index (χ0n) is 5.93. The number of nitrogens with one attached hydrogen (secondary N) is 1. The Morgan fingerprint density at radius 3 is 2.83 bits per heavy atom. The van der Waals surface area contributed by atoms with Gasteiger partial charge in [-0.05, 0) is 18.2 Å². The molecule has 0 amide bonds. The third kappa shape index (κ3) is 0.956. The van der Waals surface area contributed by atoms with Gasteiger partial charge in [0.15, 0.2) is 0 Å². The second-order valence-electron chi connectivity index (χ2n) is 2.41. The number of rotatable bonds is 0. The Balaban J connectivity index is 2.68. The van der Waals surface area contributed by atoms with Crippen LogP contribution in [0.5, 0.6) is 0 Å². The maximum atomic E-state index is 11.0. The van der Waals surface area contributed by atoms with E-state index in [0.29, 0.717) is 11.1 Å². The molecule has 12 heavy (non-hydrogen) atoms. The Bertz CT molecular complexity index is 387. The van der Waals surface area contributed by atoms with Crippen molar-refractivity contribution in [1.82, 2.24) is 0 Å². The second-order valence-corrected chi connectivity index (χ2v) is 3.32. The summed E-state index contributed by atoms with van der Waals surface area (Å²) in [5.74, 6) is -0.515. The summed E-state index contributed by atoms with van der Waals surface area (Å²) in [4.78, 5) is 11.0. The quantitative estimate of drug-likeness (QED) is 0.687. The predicted octanol–water partition coefficient (Wildman–Crippen LogP) is 1.94. The fraction of sp³-hybridized carbons (Fsp3) is 0. The zero-order chi connectivity index (χ0) is 8.72. The van der Waals surface area contributed by atoms with Crippen molar-refractivity contribution in [2.45, 2.75) is 0 Å². The average Bonchev–Trinajstić information content (AvgIpc) is 2.28. The highest BCUT2D eigenvalue weighted by molar-refractivity contribution is 9.10. The molecule has 0 saturated carbocycles. The van der Waals surface area contributed by atoms with Gasteiger partial charge in [0.2, 0.25) is 5.90 Å². The third-order valence-corrected chi connectivity index (χ3v) is 2.13. The number of carbonyl (C=O) groups is 1. The lowest BCUT2D eigenvalue weighted by Crippen LogP contribution is -1.96. The normalized spacial score (nSPS) is 14.4. The molecule has 0 unspecified atom stereocenters. The number of halogens is 1. The summed E-state index contributed by atoms with van der Waals surface area (Å²) in [5.41, 5.74) is 1.01.